The molecule has 1 rings (SSSR count). The Balaban J connectivity index is 2.47. The molecule has 1 aromatic rings. The maximum Gasteiger partial charge on any atom is 0.310 e. The molecule has 3 heteroatoms. The Morgan fingerprint density at radius 1 is 1.50 bits per heavy atom. The summed E-state index contributed by atoms with van der Waals surface area (Å²) in [7, 11) is 0. The lowest BCUT2D eigenvalue weighted by Gasteiger charge is -2.03. The summed E-state index contributed by atoms with van der Waals surface area (Å²) in [5.41, 5.74) is 1.01. The minimum atomic E-state index is -0.145. The average Bonchev–Trinajstić information content (AvgIpc) is 2.15. The van der Waals surface area contributed by atoms with E-state index in [4.69, 9.17) is 4.74 Å². The predicted octanol–water partition coefficient (Wildman–Crippen LogP) is 2.79. The van der Waals surface area contributed by atoms with Crippen LogP contribution in [-0.2, 0) is 16.0 Å². The second kappa shape index (κ2) is 6.01. The third-order valence-electron chi connectivity index (χ3n) is 1.70. The van der Waals surface area contributed by atoms with Gasteiger partial charge in [0.25, 0.3) is 0 Å². The van der Waals surface area contributed by atoms with Gasteiger partial charge in [-0.3, -0.25) is 4.79 Å². The Kier molecular flexibility index (Phi) is 4.93. The number of halogens is 1. The zero-order valence-electron chi connectivity index (χ0n) is 8.13. The Labute approximate surface area is 97.8 Å². The second-order valence-corrected chi connectivity index (χ2v) is 4.27. The number of esters is 1. The van der Waals surface area contributed by atoms with Crippen molar-refractivity contribution in [1.82, 2.24) is 0 Å². The molecule has 0 spiro atoms. The third-order valence-corrected chi connectivity index (χ3v) is 2.38. The molecule has 0 heterocycles. The SMILES string of the molecule is CCCOC(=O)Cc1cccc(I)c1. The highest BCUT2D eigenvalue weighted by molar-refractivity contribution is 14.1. The first-order valence-corrected chi connectivity index (χ1v) is 5.70. The van der Waals surface area contributed by atoms with Crippen LogP contribution in [-0.4, -0.2) is 12.6 Å². The lowest BCUT2D eigenvalue weighted by atomic mass is 10.2. The van der Waals surface area contributed by atoms with Crippen LogP contribution in [0.25, 0.3) is 0 Å². The highest BCUT2D eigenvalue weighted by atomic mass is 127. The molecule has 0 radical (unpaired) electrons. The molecule has 1 aromatic carbocycles. The molecule has 0 amide bonds. The van der Waals surface area contributed by atoms with E-state index in [1.165, 1.54) is 0 Å². The van der Waals surface area contributed by atoms with Gasteiger partial charge < -0.3 is 4.74 Å². The van der Waals surface area contributed by atoms with Crippen molar-refractivity contribution in [2.45, 2.75) is 19.8 Å². The molecule has 76 valence electrons. The van der Waals surface area contributed by atoms with Crippen LogP contribution in [0.15, 0.2) is 24.3 Å². The first-order valence-electron chi connectivity index (χ1n) is 4.62. The van der Waals surface area contributed by atoms with Crippen molar-refractivity contribution in [1.29, 1.82) is 0 Å². The fourth-order valence-electron chi connectivity index (χ4n) is 1.08. The summed E-state index contributed by atoms with van der Waals surface area (Å²) < 4.78 is 6.14. The molecule has 0 unspecified atom stereocenters. The van der Waals surface area contributed by atoms with Crippen LogP contribution in [0.3, 0.4) is 0 Å². The summed E-state index contributed by atoms with van der Waals surface area (Å²) in [6.07, 6.45) is 1.24. The molecule has 2 nitrogen and oxygen atoms in total. The zero-order chi connectivity index (χ0) is 10.4. The number of ether oxygens (including phenoxy) is 1. The number of rotatable bonds is 4. The minimum Gasteiger partial charge on any atom is -0.465 e. The van der Waals surface area contributed by atoms with Crippen molar-refractivity contribution >= 4 is 28.6 Å². The van der Waals surface area contributed by atoms with E-state index in [0.29, 0.717) is 13.0 Å². The molecular formula is C11H13IO2. The molecule has 0 saturated carbocycles. The van der Waals surface area contributed by atoms with E-state index < -0.39 is 0 Å². The fraction of sp³-hybridized carbons (Fsp3) is 0.364. The van der Waals surface area contributed by atoms with Gasteiger partial charge in [-0.1, -0.05) is 19.1 Å². The molecule has 0 bridgehead atoms. The van der Waals surface area contributed by atoms with Gasteiger partial charge in [0.15, 0.2) is 0 Å². The van der Waals surface area contributed by atoms with E-state index in [9.17, 15) is 4.79 Å². The van der Waals surface area contributed by atoms with Crippen molar-refractivity contribution in [3.63, 3.8) is 0 Å². The summed E-state index contributed by atoms with van der Waals surface area (Å²) in [5.74, 6) is -0.145. The molecule has 0 aliphatic heterocycles. The molecule has 0 N–H and O–H groups in total. The lowest BCUT2D eigenvalue weighted by molar-refractivity contribution is -0.142. The molecule has 0 fully saturated rings. The van der Waals surface area contributed by atoms with Crippen LogP contribution in [0.4, 0.5) is 0 Å². The highest BCUT2D eigenvalue weighted by Gasteiger charge is 2.03. The van der Waals surface area contributed by atoms with Gasteiger partial charge in [-0.05, 0) is 46.7 Å². The quantitative estimate of drug-likeness (QED) is 0.631. The van der Waals surface area contributed by atoms with E-state index >= 15 is 0 Å². The zero-order valence-corrected chi connectivity index (χ0v) is 10.3. The van der Waals surface area contributed by atoms with Crippen molar-refractivity contribution in [3.05, 3.63) is 33.4 Å². The lowest BCUT2D eigenvalue weighted by Crippen LogP contribution is -2.08. The molecule has 0 saturated heterocycles. The van der Waals surface area contributed by atoms with Crippen LogP contribution in [0, 0.1) is 3.57 Å². The van der Waals surface area contributed by atoms with Crippen molar-refractivity contribution in [2.75, 3.05) is 6.61 Å². The monoisotopic (exact) mass is 304 g/mol. The first-order chi connectivity index (χ1) is 6.72. The second-order valence-electron chi connectivity index (χ2n) is 3.03. The summed E-state index contributed by atoms with van der Waals surface area (Å²) >= 11 is 2.23. The average molecular weight is 304 g/mol. The molecule has 0 aromatic heterocycles. The summed E-state index contributed by atoms with van der Waals surface area (Å²) in [6, 6.07) is 7.88. The molecule has 0 aliphatic carbocycles. The molecule has 0 aliphatic rings. The summed E-state index contributed by atoms with van der Waals surface area (Å²) in [4.78, 5) is 11.3. The number of hydrogen-bond acceptors (Lipinski definition) is 2. The standard InChI is InChI=1S/C11H13IO2/c1-2-6-14-11(13)8-9-4-3-5-10(12)7-9/h3-5,7H,2,6,8H2,1H3. The fourth-order valence-corrected chi connectivity index (χ4v) is 1.69. The van der Waals surface area contributed by atoms with Gasteiger partial charge >= 0.3 is 5.97 Å². The third kappa shape index (κ3) is 4.09. The van der Waals surface area contributed by atoms with Crippen LogP contribution >= 0.6 is 22.6 Å². The predicted molar refractivity (Wildman–Crippen MR) is 64.1 cm³/mol. The van der Waals surface area contributed by atoms with Crippen LogP contribution in [0.5, 0.6) is 0 Å². The Morgan fingerprint density at radius 3 is 2.93 bits per heavy atom. The summed E-state index contributed by atoms with van der Waals surface area (Å²) in [6.45, 7) is 2.50. The molecule has 14 heavy (non-hydrogen) atoms. The van der Waals surface area contributed by atoms with Gasteiger partial charge in [0, 0.05) is 3.57 Å². The topological polar surface area (TPSA) is 26.3 Å². The number of carbonyl (C=O) groups is 1. The Morgan fingerprint density at radius 2 is 2.29 bits per heavy atom. The van der Waals surface area contributed by atoms with E-state index in [2.05, 4.69) is 22.6 Å². The van der Waals surface area contributed by atoms with E-state index in [0.717, 1.165) is 15.6 Å². The molecule has 0 atom stereocenters. The Hall–Kier alpha value is -0.580. The maximum absolute atomic E-state index is 11.3. The van der Waals surface area contributed by atoms with Gasteiger partial charge in [-0.15, -0.1) is 0 Å². The van der Waals surface area contributed by atoms with Crippen molar-refractivity contribution < 1.29 is 9.53 Å². The van der Waals surface area contributed by atoms with Gasteiger partial charge in [-0.2, -0.15) is 0 Å². The maximum atomic E-state index is 11.3. The molecular weight excluding hydrogens is 291 g/mol. The smallest absolute Gasteiger partial charge is 0.310 e. The largest absolute Gasteiger partial charge is 0.465 e. The number of hydrogen-bond donors (Lipinski definition) is 0. The number of benzene rings is 1. The highest BCUT2D eigenvalue weighted by Crippen LogP contribution is 2.08. The summed E-state index contributed by atoms with van der Waals surface area (Å²) in [5, 5.41) is 0. The van der Waals surface area contributed by atoms with E-state index in [1.54, 1.807) is 0 Å². The van der Waals surface area contributed by atoms with E-state index in [-0.39, 0.29) is 5.97 Å². The van der Waals surface area contributed by atoms with Crippen LogP contribution < -0.4 is 0 Å². The first kappa shape index (κ1) is 11.5. The van der Waals surface area contributed by atoms with Gasteiger partial charge in [0.1, 0.15) is 0 Å². The van der Waals surface area contributed by atoms with Crippen molar-refractivity contribution in [3.8, 4) is 0 Å². The Bertz CT molecular complexity index is 310. The van der Waals surface area contributed by atoms with E-state index in [1.807, 2.05) is 31.2 Å². The minimum absolute atomic E-state index is 0.145. The van der Waals surface area contributed by atoms with Gasteiger partial charge in [-0.25, -0.2) is 0 Å². The normalized spacial score (nSPS) is 9.86. The van der Waals surface area contributed by atoms with Crippen LogP contribution in [0.1, 0.15) is 18.9 Å². The number of carbonyl (C=O) groups excluding carboxylic acids is 1. The van der Waals surface area contributed by atoms with Crippen LogP contribution in [0.2, 0.25) is 0 Å². The van der Waals surface area contributed by atoms with Crippen molar-refractivity contribution in [2.24, 2.45) is 0 Å². The van der Waals surface area contributed by atoms with Gasteiger partial charge in [0.2, 0.25) is 0 Å². The van der Waals surface area contributed by atoms with Gasteiger partial charge in [0.05, 0.1) is 13.0 Å².